The first-order chi connectivity index (χ1) is 9.16. The van der Waals surface area contributed by atoms with Gasteiger partial charge in [0.25, 0.3) is 0 Å². The van der Waals surface area contributed by atoms with Crippen LogP contribution in [0.3, 0.4) is 0 Å². The van der Waals surface area contributed by atoms with Gasteiger partial charge in [-0.15, -0.1) is 0 Å². The summed E-state index contributed by atoms with van der Waals surface area (Å²) in [6, 6.07) is 13.6. The van der Waals surface area contributed by atoms with Gasteiger partial charge in [0.1, 0.15) is 5.82 Å². The Balaban J connectivity index is 1.88. The molecule has 0 aliphatic carbocycles. The van der Waals surface area contributed by atoms with Gasteiger partial charge in [-0.05, 0) is 29.3 Å². The predicted molar refractivity (Wildman–Crippen MR) is 74.5 cm³/mol. The smallest absolute Gasteiger partial charge is 0.123 e. The summed E-state index contributed by atoms with van der Waals surface area (Å²) in [7, 11) is 0. The molecular weight excluding hydrogens is 265 g/mol. The minimum Gasteiger partial charge on any atom is -0.387 e. The van der Waals surface area contributed by atoms with Crippen molar-refractivity contribution in [1.82, 2.24) is 5.32 Å². The lowest BCUT2D eigenvalue weighted by molar-refractivity contribution is 0.174. The van der Waals surface area contributed by atoms with Crippen molar-refractivity contribution in [2.75, 3.05) is 6.54 Å². The predicted octanol–water partition coefficient (Wildman–Crippen LogP) is 3.30. The van der Waals surface area contributed by atoms with Crippen LogP contribution in [0.2, 0.25) is 5.02 Å². The zero-order chi connectivity index (χ0) is 13.7. The third-order valence-electron chi connectivity index (χ3n) is 2.85. The zero-order valence-electron chi connectivity index (χ0n) is 10.3. The van der Waals surface area contributed by atoms with E-state index in [1.54, 1.807) is 0 Å². The van der Waals surface area contributed by atoms with Gasteiger partial charge >= 0.3 is 0 Å². The number of nitrogens with one attached hydrogen (secondary N) is 1. The second-order valence-electron chi connectivity index (χ2n) is 4.29. The van der Waals surface area contributed by atoms with E-state index in [1.807, 2.05) is 30.3 Å². The van der Waals surface area contributed by atoms with Gasteiger partial charge in [-0.2, -0.15) is 0 Å². The van der Waals surface area contributed by atoms with Crippen LogP contribution >= 0.6 is 11.6 Å². The fraction of sp³-hybridized carbons (Fsp3) is 0.200. The van der Waals surface area contributed by atoms with E-state index in [0.717, 1.165) is 5.56 Å². The highest BCUT2D eigenvalue weighted by Gasteiger charge is 2.07. The van der Waals surface area contributed by atoms with Crippen LogP contribution in [-0.4, -0.2) is 11.7 Å². The van der Waals surface area contributed by atoms with Crippen LogP contribution in [0.25, 0.3) is 0 Å². The molecule has 0 aliphatic rings. The van der Waals surface area contributed by atoms with Crippen molar-refractivity contribution in [2.24, 2.45) is 0 Å². The molecule has 2 rings (SSSR count). The van der Waals surface area contributed by atoms with Crippen molar-refractivity contribution in [3.05, 3.63) is 70.5 Å². The maximum atomic E-state index is 13.1. The number of hydrogen-bond donors (Lipinski definition) is 2. The molecule has 0 spiro atoms. The fourth-order valence-corrected chi connectivity index (χ4v) is 2.00. The first kappa shape index (κ1) is 14.0. The highest BCUT2D eigenvalue weighted by molar-refractivity contribution is 6.31. The Bertz CT molecular complexity index is 533. The summed E-state index contributed by atoms with van der Waals surface area (Å²) in [6.07, 6.45) is -0.589. The summed E-state index contributed by atoms with van der Waals surface area (Å²) in [4.78, 5) is 0. The molecular formula is C15H15ClFNO. The molecule has 0 aromatic heterocycles. The fourth-order valence-electron chi connectivity index (χ4n) is 1.82. The Morgan fingerprint density at radius 2 is 1.89 bits per heavy atom. The SMILES string of the molecule is OC(CNCc1cc(F)ccc1Cl)c1ccccc1. The Morgan fingerprint density at radius 1 is 1.16 bits per heavy atom. The van der Waals surface area contributed by atoms with Crippen molar-refractivity contribution >= 4 is 11.6 Å². The summed E-state index contributed by atoms with van der Waals surface area (Å²) < 4.78 is 13.1. The van der Waals surface area contributed by atoms with Crippen LogP contribution in [0.4, 0.5) is 4.39 Å². The lowest BCUT2D eigenvalue weighted by Gasteiger charge is -2.12. The average Bonchev–Trinajstić information content (AvgIpc) is 2.43. The molecule has 0 aliphatic heterocycles. The maximum absolute atomic E-state index is 13.1. The third kappa shape index (κ3) is 4.03. The van der Waals surface area contributed by atoms with Crippen LogP contribution in [0.5, 0.6) is 0 Å². The van der Waals surface area contributed by atoms with E-state index < -0.39 is 6.10 Å². The lowest BCUT2D eigenvalue weighted by atomic mass is 10.1. The molecule has 19 heavy (non-hydrogen) atoms. The highest BCUT2D eigenvalue weighted by Crippen LogP contribution is 2.17. The Labute approximate surface area is 116 Å². The van der Waals surface area contributed by atoms with Gasteiger partial charge < -0.3 is 10.4 Å². The molecule has 2 aromatic rings. The normalized spacial score (nSPS) is 12.4. The van der Waals surface area contributed by atoms with Crippen LogP contribution in [-0.2, 0) is 6.54 Å². The quantitative estimate of drug-likeness (QED) is 0.880. The first-order valence-corrected chi connectivity index (χ1v) is 6.42. The number of hydrogen-bond acceptors (Lipinski definition) is 2. The molecule has 0 saturated heterocycles. The summed E-state index contributed by atoms with van der Waals surface area (Å²) in [5.74, 6) is -0.315. The van der Waals surface area contributed by atoms with E-state index in [4.69, 9.17) is 11.6 Å². The van der Waals surface area contributed by atoms with E-state index in [-0.39, 0.29) is 5.82 Å². The number of aliphatic hydroxyl groups excluding tert-OH is 1. The van der Waals surface area contributed by atoms with E-state index in [2.05, 4.69) is 5.32 Å². The van der Waals surface area contributed by atoms with Gasteiger partial charge in [0.2, 0.25) is 0 Å². The maximum Gasteiger partial charge on any atom is 0.123 e. The average molecular weight is 280 g/mol. The summed E-state index contributed by atoms with van der Waals surface area (Å²) in [5.41, 5.74) is 1.53. The summed E-state index contributed by atoms with van der Waals surface area (Å²) >= 11 is 5.96. The standard InChI is InChI=1S/C15H15ClFNO/c16-14-7-6-13(17)8-12(14)9-18-10-15(19)11-4-2-1-3-5-11/h1-8,15,18-19H,9-10H2. The Kier molecular flexibility index (Phi) is 4.91. The number of rotatable bonds is 5. The second-order valence-corrected chi connectivity index (χ2v) is 4.70. The molecule has 2 N–H and O–H groups in total. The largest absolute Gasteiger partial charge is 0.387 e. The van der Waals surface area contributed by atoms with Gasteiger partial charge in [-0.3, -0.25) is 0 Å². The molecule has 2 aromatic carbocycles. The van der Waals surface area contributed by atoms with Gasteiger partial charge in [-0.25, -0.2) is 4.39 Å². The molecule has 0 amide bonds. The van der Waals surface area contributed by atoms with Crippen molar-refractivity contribution < 1.29 is 9.50 Å². The molecule has 1 unspecified atom stereocenters. The highest BCUT2D eigenvalue weighted by atomic mass is 35.5. The monoisotopic (exact) mass is 279 g/mol. The van der Waals surface area contributed by atoms with Crippen LogP contribution in [0.15, 0.2) is 48.5 Å². The topological polar surface area (TPSA) is 32.3 Å². The lowest BCUT2D eigenvalue weighted by Crippen LogP contribution is -2.21. The molecule has 0 heterocycles. The van der Waals surface area contributed by atoms with Gasteiger partial charge in [0, 0.05) is 18.1 Å². The number of benzene rings is 2. The molecule has 1 atom stereocenters. The molecule has 0 radical (unpaired) electrons. The molecule has 100 valence electrons. The van der Waals surface area contributed by atoms with Crippen molar-refractivity contribution in [3.8, 4) is 0 Å². The number of halogens is 2. The molecule has 0 bridgehead atoms. The summed E-state index contributed by atoms with van der Waals surface area (Å²) in [5, 5.41) is 13.5. The Morgan fingerprint density at radius 3 is 2.63 bits per heavy atom. The third-order valence-corrected chi connectivity index (χ3v) is 3.21. The van der Waals surface area contributed by atoms with E-state index in [9.17, 15) is 9.50 Å². The van der Waals surface area contributed by atoms with Gasteiger partial charge in [0.15, 0.2) is 0 Å². The second kappa shape index (κ2) is 6.66. The van der Waals surface area contributed by atoms with E-state index >= 15 is 0 Å². The van der Waals surface area contributed by atoms with E-state index in [1.165, 1.54) is 18.2 Å². The molecule has 0 saturated carbocycles. The van der Waals surface area contributed by atoms with Crippen LogP contribution in [0, 0.1) is 5.82 Å². The van der Waals surface area contributed by atoms with E-state index in [0.29, 0.717) is 23.7 Å². The Hall–Kier alpha value is -1.42. The van der Waals surface area contributed by atoms with Crippen LogP contribution < -0.4 is 5.32 Å². The van der Waals surface area contributed by atoms with Crippen molar-refractivity contribution in [1.29, 1.82) is 0 Å². The molecule has 4 heteroatoms. The molecule has 2 nitrogen and oxygen atoms in total. The van der Waals surface area contributed by atoms with Crippen LogP contribution in [0.1, 0.15) is 17.2 Å². The van der Waals surface area contributed by atoms with Gasteiger partial charge in [-0.1, -0.05) is 41.9 Å². The van der Waals surface area contributed by atoms with Crippen molar-refractivity contribution in [3.63, 3.8) is 0 Å². The minimum absolute atomic E-state index is 0.315. The van der Waals surface area contributed by atoms with Gasteiger partial charge in [0.05, 0.1) is 6.10 Å². The minimum atomic E-state index is -0.589. The van der Waals surface area contributed by atoms with Crippen molar-refractivity contribution in [2.45, 2.75) is 12.6 Å². The first-order valence-electron chi connectivity index (χ1n) is 6.04. The number of aliphatic hydroxyl groups is 1. The molecule has 0 fully saturated rings. The summed E-state index contributed by atoms with van der Waals surface area (Å²) in [6.45, 7) is 0.803. The zero-order valence-corrected chi connectivity index (χ0v) is 11.1.